The molecule has 1 saturated heterocycles. The van der Waals surface area contributed by atoms with Crippen LogP contribution in [0.4, 0.5) is 0 Å². The number of pyridine rings is 2. The summed E-state index contributed by atoms with van der Waals surface area (Å²) in [4.78, 5) is 37.2. The molecule has 2 aromatic heterocycles. The summed E-state index contributed by atoms with van der Waals surface area (Å²) in [7, 11) is 0. The summed E-state index contributed by atoms with van der Waals surface area (Å²) in [5.41, 5.74) is 0.746. The van der Waals surface area contributed by atoms with Crippen LogP contribution in [0.5, 0.6) is 0 Å². The van der Waals surface area contributed by atoms with E-state index in [2.05, 4.69) is 0 Å². The molecule has 5 rings (SSSR count). The quantitative estimate of drug-likeness (QED) is 0.426. The minimum absolute atomic E-state index is 0.271. The van der Waals surface area contributed by atoms with Crippen LogP contribution in [0.15, 0.2) is 48.8 Å². The third kappa shape index (κ3) is 1.39. The van der Waals surface area contributed by atoms with Crippen molar-refractivity contribution >= 4 is 11.8 Å². The Morgan fingerprint density at radius 3 is 1.78 bits per heavy atom. The lowest BCUT2D eigenvalue weighted by Gasteiger charge is -2.31. The van der Waals surface area contributed by atoms with Gasteiger partial charge in [-0.3, -0.25) is 9.59 Å². The number of aromatic nitrogens is 2. The van der Waals surface area contributed by atoms with Crippen LogP contribution in [0.1, 0.15) is 21.0 Å². The molecule has 1 fully saturated rings. The van der Waals surface area contributed by atoms with Crippen molar-refractivity contribution in [3.05, 3.63) is 60.2 Å². The van der Waals surface area contributed by atoms with Gasteiger partial charge in [-0.25, -0.2) is 0 Å². The molecule has 0 bridgehead atoms. The van der Waals surface area contributed by atoms with Crippen molar-refractivity contribution < 1.29 is 34.0 Å². The van der Waals surface area contributed by atoms with Gasteiger partial charge in [0, 0.05) is 34.1 Å². The van der Waals surface area contributed by atoms with E-state index in [1.807, 2.05) is 0 Å². The molecule has 114 valence electrons. The van der Waals surface area contributed by atoms with Gasteiger partial charge in [-0.05, 0) is 12.1 Å². The second kappa shape index (κ2) is 3.96. The van der Waals surface area contributed by atoms with E-state index >= 15 is 0 Å². The van der Waals surface area contributed by atoms with Gasteiger partial charge in [-0.1, -0.05) is 10.0 Å². The van der Waals surface area contributed by atoms with Crippen molar-refractivity contribution in [1.29, 1.82) is 0 Å². The van der Waals surface area contributed by atoms with Crippen LogP contribution >= 0.6 is 0 Å². The summed E-state index contributed by atoms with van der Waals surface area (Å²) in [5, 5.41) is 1.97. The zero-order valence-electron chi connectivity index (χ0n) is 11.9. The van der Waals surface area contributed by atoms with E-state index in [0.29, 0.717) is 24.5 Å². The first-order valence-corrected chi connectivity index (χ1v) is 7.16. The molecule has 1 spiro atoms. The van der Waals surface area contributed by atoms with Crippen molar-refractivity contribution in [2.24, 2.45) is 0 Å². The number of nitrogens with zero attached hydrogens (tertiary/aromatic N) is 5. The number of quaternary nitrogens is 1. The fourth-order valence-electron chi connectivity index (χ4n) is 3.02. The van der Waals surface area contributed by atoms with Crippen molar-refractivity contribution in [3.8, 4) is 0 Å². The maximum Gasteiger partial charge on any atom is 0.378 e. The van der Waals surface area contributed by atoms with Crippen molar-refractivity contribution in [2.75, 3.05) is 13.1 Å². The molecule has 9 nitrogen and oxygen atoms in total. The fraction of sp³-hybridized carbons (Fsp3) is 0.143. The average Bonchev–Trinajstić information content (AvgIpc) is 2.95. The van der Waals surface area contributed by atoms with Crippen molar-refractivity contribution in [1.82, 2.24) is 10.0 Å². The summed E-state index contributed by atoms with van der Waals surface area (Å²) in [5.74, 6) is -0.542. The standard InChI is InChI=1S/C14H12N5O4/c20-13-11-5-1-3-7-17(11)22-19-15(13)9-10-16(19)14(21)12-6-2-4-8-18(12)23-19/h1-8H,9-10H2/q+3. The van der Waals surface area contributed by atoms with Gasteiger partial charge in [0.2, 0.25) is 12.4 Å². The van der Waals surface area contributed by atoms with Crippen molar-refractivity contribution in [2.45, 2.75) is 0 Å². The molecular formula is C14H12N5O4+3. The first-order chi connectivity index (χ1) is 11.2. The number of fused-ring (bicyclic) bond motifs is 2. The van der Waals surface area contributed by atoms with Crippen LogP contribution in [0.2, 0.25) is 0 Å². The highest BCUT2D eigenvalue weighted by Gasteiger charge is 2.74. The number of hydrogen-bond donors (Lipinski definition) is 0. The number of hydrogen-bond acceptors (Lipinski definition) is 4. The van der Waals surface area contributed by atoms with Crippen LogP contribution in [0.25, 0.3) is 0 Å². The molecule has 5 heterocycles. The Balaban J connectivity index is 1.71. The monoisotopic (exact) mass is 314 g/mol. The Labute approximate surface area is 130 Å². The maximum absolute atomic E-state index is 12.7. The van der Waals surface area contributed by atoms with E-state index in [-0.39, 0.29) is 11.8 Å². The first-order valence-electron chi connectivity index (χ1n) is 7.16. The Morgan fingerprint density at radius 2 is 1.30 bits per heavy atom. The highest BCUT2D eigenvalue weighted by molar-refractivity contribution is 5.92. The van der Waals surface area contributed by atoms with E-state index in [0.717, 1.165) is 0 Å². The van der Waals surface area contributed by atoms with Gasteiger partial charge in [0.1, 0.15) is 13.1 Å². The summed E-state index contributed by atoms with van der Waals surface area (Å²) in [6.45, 7) is 0.627. The molecule has 23 heavy (non-hydrogen) atoms. The molecule has 0 saturated carbocycles. The molecule has 0 N–H and O–H groups in total. The summed E-state index contributed by atoms with van der Waals surface area (Å²) in [6.07, 6.45) is 3.21. The summed E-state index contributed by atoms with van der Waals surface area (Å²) < 4.78 is 2.64. The topological polar surface area (TPSA) is 66.8 Å². The SMILES string of the molecule is O=C1c2cccc[n+]2O[N+]23O[n+]4ccccc4C(=O)N2CCN13. The molecule has 2 aromatic rings. The predicted molar refractivity (Wildman–Crippen MR) is 68.8 cm³/mol. The molecule has 9 heteroatoms. The van der Waals surface area contributed by atoms with E-state index in [4.69, 9.17) is 9.88 Å². The second-order valence-electron chi connectivity index (χ2n) is 5.33. The highest BCUT2D eigenvalue weighted by Crippen LogP contribution is 2.28. The smallest absolute Gasteiger partial charge is 0.256 e. The Hall–Kier alpha value is -3.20. The van der Waals surface area contributed by atoms with Gasteiger partial charge in [-0.2, -0.15) is 0 Å². The minimum atomic E-state index is -0.777. The van der Waals surface area contributed by atoms with Crippen LogP contribution < -0.4 is 19.3 Å². The summed E-state index contributed by atoms with van der Waals surface area (Å²) >= 11 is 0. The number of carbonyl (C=O) groups is 2. The van der Waals surface area contributed by atoms with Crippen LogP contribution in [-0.2, 0) is 0 Å². The minimum Gasteiger partial charge on any atom is -0.256 e. The molecule has 2 amide bonds. The average molecular weight is 314 g/mol. The van der Waals surface area contributed by atoms with Gasteiger partial charge < -0.3 is 0 Å². The van der Waals surface area contributed by atoms with Gasteiger partial charge in [0.15, 0.2) is 0 Å². The third-order valence-electron chi connectivity index (χ3n) is 4.08. The molecule has 3 aliphatic heterocycles. The first kappa shape index (κ1) is 12.4. The second-order valence-corrected chi connectivity index (χ2v) is 5.33. The number of amides is 2. The molecule has 0 aliphatic carbocycles. The Morgan fingerprint density at radius 1 is 0.826 bits per heavy atom. The van der Waals surface area contributed by atoms with Gasteiger partial charge in [0.25, 0.3) is 0 Å². The van der Waals surface area contributed by atoms with E-state index in [9.17, 15) is 9.59 Å². The van der Waals surface area contributed by atoms with Crippen molar-refractivity contribution in [3.63, 3.8) is 0 Å². The molecule has 0 aromatic carbocycles. The predicted octanol–water partition coefficient (Wildman–Crippen LogP) is -1.78. The third-order valence-corrected chi connectivity index (χ3v) is 4.08. The molecule has 0 radical (unpaired) electrons. The largest absolute Gasteiger partial charge is 0.378 e. The number of rotatable bonds is 0. The maximum atomic E-state index is 12.7. The van der Waals surface area contributed by atoms with Gasteiger partial charge >= 0.3 is 28.2 Å². The molecule has 0 unspecified atom stereocenters. The number of carbonyl (C=O) groups excluding carboxylic acids is 2. The lowest BCUT2D eigenvalue weighted by Crippen LogP contribution is -2.87. The zero-order valence-corrected chi connectivity index (χ0v) is 11.9. The van der Waals surface area contributed by atoms with E-state index < -0.39 is 5.03 Å². The van der Waals surface area contributed by atoms with E-state index in [1.54, 1.807) is 48.8 Å². The summed E-state index contributed by atoms with van der Waals surface area (Å²) in [6, 6.07) is 10.3. The highest BCUT2D eigenvalue weighted by atomic mass is 17.2. The molecule has 3 aliphatic rings. The molecule has 0 atom stereocenters. The van der Waals surface area contributed by atoms with E-state index in [1.165, 1.54) is 19.5 Å². The lowest BCUT2D eigenvalue weighted by molar-refractivity contribution is -1.50. The molecular weight excluding hydrogens is 302 g/mol. The zero-order chi connectivity index (χ0) is 15.6. The fourth-order valence-corrected chi connectivity index (χ4v) is 3.02. The van der Waals surface area contributed by atoms with Crippen LogP contribution in [0.3, 0.4) is 0 Å². The van der Waals surface area contributed by atoms with Crippen LogP contribution in [-0.4, -0.2) is 39.9 Å². The van der Waals surface area contributed by atoms with Gasteiger partial charge in [0.05, 0.1) is 9.46 Å². The normalized spacial score (nSPS) is 20.0. The van der Waals surface area contributed by atoms with Crippen LogP contribution in [0, 0.1) is 0 Å². The Kier molecular flexibility index (Phi) is 2.13. The lowest BCUT2D eigenvalue weighted by atomic mass is 10.3. The Bertz CT molecular complexity index is 798. The van der Waals surface area contributed by atoms with Gasteiger partial charge in [-0.15, -0.1) is 0 Å².